The molecule has 1 aliphatic heterocycles. The van der Waals surface area contributed by atoms with Crippen LogP contribution in [0.15, 0.2) is 47.5 Å². The van der Waals surface area contributed by atoms with Crippen molar-refractivity contribution < 1.29 is 4.74 Å². The predicted octanol–water partition coefficient (Wildman–Crippen LogP) is 5.73. The summed E-state index contributed by atoms with van der Waals surface area (Å²) >= 11 is 6.03. The highest BCUT2D eigenvalue weighted by atomic mass is 35.5. The molecule has 0 bridgehead atoms. The third-order valence-corrected chi connectivity index (χ3v) is 4.96. The molecule has 0 saturated heterocycles. The van der Waals surface area contributed by atoms with Crippen molar-refractivity contribution in [2.24, 2.45) is 4.99 Å². The third kappa shape index (κ3) is 3.42. The fourth-order valence-electron chi connectivity index (χ4n) is 3.17. The second-order valence-corrected chi connectivity index (χ2v) is 7.33. The molecule has 4 heteroatoms. The Bertz CT molecular complexity index is 868. The highest BCUT2D eigenvalue weighted by molar-refractivity contribution is 6.30. The van der Waals surface area contributed by atoms with Gasteiger partial charge < -0.3 is 9.64 Å². The molecule has 0 aliphatic carbocycles. The SMILES string of the molecule is COc1cc2c(cc1C=Nc1cccc(Cl)c1)C(C)=CC(C)(C)N2C. The maximum absolute atomic E-state index is 6.03. The molecule has 1 aliphatic rings. The molecular weight excluding hydrogens is 332 g/mol. The van der Waals surface area contributed by atoms with E-state index in [1.807, 2.05) is 30.5 Å². The van der Waals surface area contributed by atoms with Gasteiger partial charge >= 0.3 is 0 Å². The number of methoxy groups -OCH3 is 1. The van der Waals surface area contributed by atoms with Crippen LogP contribution in [-0.2, 0) is 0 Å². The van der Waals surface area contributed by atoms with E-state index in [1.54, 1.807) is 7.11 Å². The number of halogens is 1. The van der Waals surface area contributed by atoms with Crippen LogP contribution < -0.4 is 9.64 Å². The first-order valence-electron chi connectivity index (χ1n) is 8.27. The van der Waals surface area contributed by atoms with E-state index in [0.717, 1.165) is 17.0 Å². The monoisotopic (exact) mass is 354 g/mol. The summed E-state index contributed by atoms with van der Waals surface area (Å²) < 4.78 is 5.61. The zero-order valence-electron chi connectivity index (χ0n) is 15.3. The standard InChI is InChI=1S/C21H23ClN2O/c1-14-12-21(2,3)24(4)19-11-20(25-5)15(9-18(14)19)13-23-17-8-6-7-16(22)10-17/h6-13H,1-5H3. The molecule has 130 valence electrons. The molecule has 25 heavy (non-hydrogen) atoms. The predicted molar refractivity (Wildman–Crippen MR) is 108 cm³/mol. The van der Waals surface area contributed by atoms with Gasteiger partial charge in [-0.1, -0.05) is 23.7 Å². The summed E-state index contributed by atoms with van der Waals surface area (Å²) in [6, 6.07) is 11.7. The topological polar surface area (TPSA) is 24.8 Å². The van der Waals surface area contributed by atoms with Crippen molar-refractivity contribution in [2.45, 2.75) is 26.3 Å². The summed E-state index contributed by atoms with van der Waals surface area (Å²) in [6.45, 7) is 6.57. The lowest BCUT2D eigenvalue weighted by Gasteiger charge is -2.40. The Morgan fingerprint density at radius 2 is 1.96 bits per heavy atom. The van der Waals surface area contributed by atoms with Crippen molar-refractivity contribution in [3.05, 3.63) is 58.6 Å². The number of aliphatic imine (C=N–C) groups is 1. The summed E-state index contributed by atoms with van der Waals surface area (Å²) in [4.78, 5) is 6.82. The molecule has 0 radical (unpaired) electrons. The lowest BCUT2D eigenvalue weighted by Crippen LogP contribution is -2.42. The summed E-state index contributed by atoms with van der Waals surface area (Å²) in [5, 5.41) is 0.676. The molecule has 0 N–H and O–H groups in total. The highest BCUT2D eigenvalue weighted by Gasteiger charge is 2.29. The number of allylic oxidation sites excluding steroid dienone is 1. The van der Waals surface area contributed by atoms with Gasteiger partial charge in [0.1, 0.15) is 5.75 Å². The smallest absolute Gasteiger partial charge is 0.129 e. The number of benzene rings is 2. The molecule has 0 spiro atoms. The van der Waals surface area contributed by atoms with E-state index in [1.165, 1.54) is 16.8 Å². The average molecular weight is 355 g/mol. The van der Waals surface area contributed by atoms with Gasteiger partial charge in [0.25, 0.3) is 0 Å². The number of hydrogen-bond acceptors (Lipinski definition) is 3. The second kappa shape index (κ2) is 6.57. The second-order valence-electron chi connectivity index (χ2n) is 6.89. The summed E-state index contributed by atoms with van der Waals surface area (Å²) in [7, 11) is 3.80. The van der Waals surface area contributed by atoms with Crippen LogP contribution in [0.2, 0.25) is 5.02 Å². The van der Waals surface area contributed by atoms with Gasteiger partial charge in [0.2, 0.25) is 0 Å². The van der Waals surface area contributed by atoms with Crippen LogP contribution in [0.5, 0.6) is 5.75 Å². The normalized spacial score (nSPS) is 15.9. The fraction of sp³-hybridized carbons (Fsp3) is 0.286. The van der Waals surface area contributed by atoms with Crippen molar-refractivity contribution in [2.75, 3.05) is 19.1 Å². The maximum atomic E-state index is 6.03. The average Bonchev–Trinajstić information content (AvgIpc) is 2.57. The number of hydrogen-bond donors (Lipinski definition) is 0. The van der Waals surface area contributed by atoms with Crippen molar-refractivity contribution in [1.29, 1.82) is 0 Å². The lowest BCUT2D eigenvalue weighted by atomic mass is 9.88. The van der Waals surface area contributed by atoms with Gasteiger partial charge in [-0.05, 0) is 50.6 Å². The minimum absolute atomic E-state index is 0.0293. The van der Waals surface area contributed by atoms with Crippen LogP contribution in [0.3, 0.4) is 0 Å². The zero-order valence-corrected chi connectivity index (χ0v) is 16.1. The van der Waals surface area contributed by atoms with Crippen molar-refractivity contribution in [3.63, 3.8) is 0 Å². The zero-order chi connectivity index (χ0) is 18.2. The van der Waals surface area contributed by atoms with Crippen LogP contribution in [0, 0.1) is 0 Å². The van der Waals surface area contributed by atoms with Crippen LogP contribution in [0.1, 0.15) is 31.9 Å². The van der Waals surface area contributed by atoms with Crippen LogP contribution in [0.4, 0.5) is 11.4 Å². The Morgan fingerprint density at radius 3 is 2.64 bits per heavy atom. The maximum Gasteiger partial charge on any atom is 0.129 e. The minimum Gasteiger partial charge on any atom is -0.496 e. The fourth-order valence-corrected chi connectivity index (χ4v) is 3.36. The van der Waals surface area contributed by atoms with Gasteiger partial charge in [-0.25, -0.2) is 0 Å². The van der Waals surface area contributed by atoms with Gasteiger partial charge in [0.15, 0.2) is 0 Å². The molecule has 0 amide bonds. The summed E-state index contributed by atoms with van der Waals surface area (Å²) in [6.07, 6.45) is 4.12. The number of nitrogens with zero attached hydrogens (tertiary/aromatic N) is 2. The molecule has 0 aromatic heterocycles. The van der Waals surface area contributed by atoms with E-state index < -0.39 is 0 Å². The molecular formula is C21H23ClN2O. The van der Waals surface area contributed by atoms with Gasteiger partial charge in [-0.2, -0.15) is 0 Å². The van der Waals surface area contributed by atoms with Gasteiger partial charge in [0, 0.05) is 41.2 Å². The molecule has 2 aromatic rings. The van der Waals surface area contributed by atoms with Crippen LogP contribution >= 0.6 is 11.6 Å². The van der Waals surface area contributed by atoms with E-state index in [2.05, 4.69) is 55.9 Å². The van der Waals surface area contributed by atoms with E-state index in [-0.39, 0.29) is 5.54 Å². The molecule has 1 heterocycles. The molecule has 2 aromatic carbocycles. The van der Waals surface area contributed by atoms with E-state index in [4.69, 9.17) is 16.3 Å². The molecule has 0 saturated carbocycles. The van der Waals surface area contributed by atoms with E-state index >= 15 is 0 Å². The van der Waals surface area contributed by atoms with Crippen LogP contribution in [0.25, 0.3) is 5.57 Å². The van der Waals surface area contributed by atoms with Crippen molar-refractivity contribution in [1.82, 2.24) is 0 Å². The number of anilines is 1. The van der Waals surface area contributed by atoms with Gasteiger partial charge in [-0.3, -0.25) is 4.99 Å². The van der Waals surface area contributed by atoms with E-state index in [9.17, 15) is 0 Å². The summed E-state index contributed by atoms with van der Waals surface area (Å²) in [5.41, 5.74) is 5.37. The number of rotatable bonds is 3. The minimum atomic E-state index is -0.0293. The van der Waals surface area contributed by atoms with Crippen LogP contribution in [-0.4, -0.2) is 25.9 Å². The Morgan fingerprint density at radius 1 is 1.20 bits per heavy atom. The summed E-state index contributed by atoms with van der Waals surface area (Å²) in [5.74, 6) is 0.807. The number of fused-ring (bicyclic) bond motifs is 1. The first kappa shape index (κ1) is 17.6. The Hall–Kier alpha value is -2.26. The third-order valence-electron chi connectivity index (χ3n) is 4.73. The molecule has 0 atom stereocenters. The lowest BCUT2D eigenvalue weighted by molar-refractivity contribution is 0.414. The van der Waals surface area contributed by atoms with Crippen molar-refractivity contribution in [3.8, 4) is 5.75 Å². The molecule has 0 unspecified atom stereocenters. The Labute approximate surface area is 154 Å². The van der Waals surface area contributed by atoms with Gasteiger partial charge in [0.05, 0.1) is 18.3 Å². The van der Waals surface area contributed by atoms with Gasteiger partial charge in [-0.15, -0.1) is 0 Å². The Balaban J connectivity index is 2.06. The Kier molecular flexibility index (Phi) is 4.61. The largest absolute Gasteiger partial charge is 0.496 e. The first-order valence-corrected chi connectivity index (χ1v) is 8.65. The highest BCUT2D eigenvalue weighted by Crippen LogP contribution is 2.41. The van der Waals surface area contributed by atoms with Crippen molar-refractivity contribution >= 4 is 34.8 Å². The molecule has 3 rings (SSSR count). The quantitative estimate of drug-likeness (QED) is 0.657. The molecule has 3 nitrogen and oxygen atoms in total. The van der Waals surface area contributed by atoms with E-state index in [0.29, 0.717) is 5.02 Å². The molecule has 0 fully saturated rings. The number of likely N-dealkylation sites (N-methyl/N-ethyl adjacent to an activating group) is 1. The number of ether oxygens (including phenoxy) is 1. The first-order chi connectivity index (χ1) is 11.8.